The first-order valence-corrected chi connectivity index (χ1v) is 6.22. The Bertz CT molecular complexity index is 364. The van der Waals surface area contributed by atoms with Crippen LogP contribution in [0.15, 0.2) is 6.07 Å². The van der Waals surface area contributed by atoms with Crippen molar-refractivity contribution >= 4 is 11.6 Å². The van der Waals surface area contributed by atoms with Crippen molar-refractivity contribution in [1.82, 2.24) is 9.97 Å². The minimum absolute atomic E-state index is 0.779. The van der Waals surface area contributed by atoms with Crippen LogP contribution in [0.1, 0.15) is 19.2 Å². The predicted octanol–water partition coefficient (Wildman–Crippen LogP) is 1.44. The summed E-state index contributed by atoms with van der Waals surface area (Å²) in [5, 5.41) is 3.31. The molecular formula is C12H20N4O. The summed E-state index contributed by atoms with van der Waals surface area (Å²) in [6.45, 7) is 8.39. The Balaban J connectivity index is 2.12. The molecule has 0 bridgehead atoms. The predicted molar refractivity (Wildman–Crippen MR) is 68.6 cm³/mol. The zero-order chi connectivity index (χ0) is 12.1. The maximum atomic E-state index is 5.35. The Morgan fingerprint density at radius 2 is 2.12 bits per heavy atom. The van der Waals surface area contributed by atoms with Crippen molar-refractivity contribution in [2.75, 3.05) is 43.1 Å². The summed E-state index contributed by atoms with van der Waals surface area (Å²) in [6.07, 6.45) is 1.09. The van der Waals surface area contributed by atoms with Crippen molar-refractivity contribution in [3.63, 3.8) is 0 Å². The number of rotatable bonds is 4. The maximum absolute atomic E-state index is 5.35. The van der Waals surface area contributed by atoms with Crippen LogP contribution in [0.25, 0.3) is 0 Å². The molecule has 0 amide bonds. The lowest BCUT2D eigenvalue weighted by atomic mass is 10.3. The third kappa shape index (κ3) is 3.30. The molecule has 1 N–H and O–H groups in total. The van der Waals surface area contributed by atoms with Crippen molar-refractivity contribution in [3.8, 4) is 0 Å². The molecule has 1 aliphatic heterocycles. The Morgan fingerprint density at radius 3 is 2.82 bits per heavy atom. The molecule has 1 aromatic rings. The Hall–Kier alpha value is -1.36. The molecule has 17 heavy (non-hydrogen) atoms. The zero-order valence-electron chi connectivity index (χ0n) is 10.6. The average molecular weight is 236 g/mol. The van der Waals surface area contributed by atoms with E-state index in [4.69, 9.17) is 4.74 Å². The molecule has 5 heteroatoms. The Morgan fingerprint density at radius 1 is 1.35 bits per heavy atom. The highest BCUT2D eigenvalue weighted by atomic mass is 16.5. The number of hydrogen-bond acceptors (Lipinski definition) is 5. The smallest absolute Gasteiger partial charge is 0.134 e. The fraction of sp³-hybridized carbons (Fsp3) is 0.667. The monoisotopic (exact) mass is 236 g/mol. The molecule has 2 rings (SSSR count). The van der Waals surface area contributed by atoms with Crippen LogP contribution in [-0.4, -0.2) is 42.8 Å². The number of nitrogens with zero attached hydrogens (tertiary/aromatic N) is 3. The van der Waals surface area contributed by atoms with E-state index in [9.17, 15) is 0 Å². The molecule has 5 nitrogen and oxygen atoms in total. The highest BCUT2D eigenvalue weighted by Crippen LogP contribution is 2.16. The van der Waals surface area contributed by atoms with Crippen LogP contribution in [0, 0.1) is 6.92 Å². The van der Waals surface area contributed by atoms with Gasteiger partial charge in [-0.3, -0.25) is 0 Å². The van der Waals surface area contributed by atoms with Crippen LogP contribution in [0.2, 0.25) is 0 Å². The second kappa shape index (κ2) is 5.82. The number of morpholine rings is 1. The van der Waals surface area contributed by atoms with Gasteiger partial charge in [-0.2, -0.15) is 0 Å². The highest BCUT2D eigenvalue weighted by molar-refractivity contribution is 5.49. The van der Waals surface area contributed by atoms with E-state index in [0.29, 0.717) is 0 Å². The van der Waals surface area contributed by atoms with Gasteiger partial charge in [-0.15, -0.1) is 0 Å². The first kappa shape index (κ1) is 12.1. The van der Waals surface area contributed by atoms with E-state index in [0.717, 1.165) is 56.7 Å². The van der Waals surface area contributed by atoms with Crippen molar-refractivity contribution in [3.05, 3.63) is 11.9 Å². The van der Waals surface area contributed by atoms with Gasteiger partial charge in [0.25, 0.3) is 0 Å². The molecule has 1 aliphatic rings. The van der Waals surface area contributed by atoms with Crippen LogP contribution >= 0.6 is 0 Å². The van der Waals surface area contributed by atoms with Crippen LogP contribution in [-0.2, 0) is 4.74 Å². The first-order chi connectivity index (χ1) is 8.29. The number of anilines is 2. The van der Waals surface area contributed by atoms with Crippen LogP contribution in [0.4, 0.5) is 11.6 Å². The van der Waals surface area contributed by atoms with Crippen molar-refractivity contribution in [2.24, 2.45) is 0 Å². The average Bonchev–Trinajstić information content (AvgIpc) is 2.37. The number of hydrogen-bond donors (Lipinski definition) is 1. The van der Waals surface area contributed by atoms with E-state index in [1.165, 1.54) is 0 Å². The van der Waals surface area contributed by atoms with Gasteiger partial charge in [-0.05, 0) is 13.3 Å². The van der Waals surface area contributed by atoms with E-state index in [-0.39, 0.29) is 0 Å². The van der Waals surface area contributed by atoms with Gasteiger partial charge in [0.1, 0.15) is 17.5 Å². The molecule has 0 radical (unpaired) electrons. The second-order valence-corrected chi connectivity index (χ2v) is 4.18. The van der Waals surface area contributed by atoms with E-state index in [1.807, 2.05) is 13.0 Å². The van der Waals surface area contributed by atoms with E-state index >= 15 is 0 Å². The maximum Gasteiger partial charge on any atom is 0.134 e. The van der Waals surface area contributed by atoms with Gasteiger partial charge < -0.3 is 15.0 Å². The molecular weight excluding hydrogens is 216 g/mol. The SMILES string of the molecule is CCCNc1cc(N2CCOCC2)nc(C)n1. The van der Waals surface area contributed by atoms with E-state index in [2.05, 4.69) is 27.1 Å². The minimum atomic E-state index is 0.779. The zero-order valence-corrected chi connectivity index (χ0v) is 10.6. The standard InChI is InChI=1S/C12H20N4O/c1-3-4-13-11-9-12(15-10(2)14-11)16-5-7-17-8-6-16/h9H,3-8H2,1-2H3,(H,13,14,15). The second-order valence-electron chi connectivity index (χ2n) is 4.18. The quantitative estimate of drug-likeness (QED) is 0.857. The molecule has 0 spiro atoms. The molecule has 1 aromatic heterocycles. The van der Waals surface area contributed by atoms with E-state index < -0.39 is 0 Å². The third-order valence-corrected chi connectivity index (χ3v) is 2.72. The lowest BCUT2D eigenvalue weighted by Crippen LogP contribution is -2.37. The lowest BCUT2D eigenvalue weighted by Gasteiger charge is -2.28. The fourth-order valence-electron chi connectivity index (χ4n) is 1.85. The lowest BCUT2D eigenvalue weighted by molar-refractivity contribution is 0.122. The third-order valence-electron chi connectivity index (χ3n) is 2.72. The van der Waals surface area contributed by atoms with Crippen LogP contribution < -0.4 is 10.2 Å². The van der Waals surface area contributed by atoms with Gasteiger partial charge in [0.2, 0.25) is 0 Å². The Kier molecular flexibility index (Phi) is 4.14. The van der Waals surface area contributed by atoms with Crippen LogP contribution in [0.3, 0.4) is 0 Å². The topological polar surface area (TPSA) is 50.3 Å². The Labute approximate surface area is 102 Å². The summed E-state index contributed by atoms with van der Waals surface area (Å²) < 4.78 is 5.35. The van der Waals surface area contributed by atoms with E-state index in [1.54, 1.807) is 0 Å². The number of nitrogens with one attached hydrogen (secondary N) is 1. The van der Waals surface area contributed by atoms with Gasteiger partial charge in [-0.1, -0.05) is 6.92 Å². The molecule has 0 aliphatic carbocycles. The molecule has 94 valence electrons. The summed E-state index contributed by atoms with van der Waals surface area (Å²) in [6, 6.07) is 2.02. The summed E-state index contributed by atoms with van der Waals surface area (Å²) in [4.78, 5) is 11.1. The van der Waals surface area contributed by atoms with Crippen molar-refractivity contribution in [2.45, 2.75) is 20.3 Å². The molecule has 0 aromatic carbocycles. The van der Waals surface area contributed by atoms with Crippen LogP contribution in [0.5, 0.6) is 0 Å². The van der Waals surface area contributed by atoms with Gasteiger partial charge in [0, 0.05) is 25.7 Å². The van der Waals surface area contributed by atoms with Gasteiger partial charge in [0.15, 0.2) is 0 Å². The molecule has 0 unspecified atom stereocenters. The summed E-state index contributed by atoms with van der Waals surface area (Å²) in [5.41, 5.74) is 0. The first-order valence-electron chi connectivity index (χ1n) is 6.22. The largest absolute Gasteiger partial charge is 0.378 e. The molecule has 2 heterocycles. The number of ether oxygens (including phenoxy) is 1. The fourth-order valence-corrected chi connectivity index (χ4v) is 1.85. The molecule has 1 fully saturated rings. The normalized spacial score (nSPS) is 16.0. The van der Waals surface area contributed by atoms with Gasteiger partial charge in [-0.25, -0.2) is 9.97 Å². The highest BCUT2D eigenvalue weighted by Gasteiger charge is 2.13. The summed E-state index contributed by atoms with van der Waals surface area (Å²) >= 11 is 0. The van der Waals surface area contributed by atoms with Crippen molar-refractivity contribution < 1.29 is 4.74 Å². The van der Waals surface area contributed by atoms with Gasteiger partial charge in [0.05, 0.1) is 13.2 Å². The molecule has 1 saturated heterocycles. The summed E-state index contributed by atoms with van der Waals surface area (Å²) in [7, 11) is 0. The molecule has 0 saturated carbocycles. The summed E-state index contributed by atoms with van der Waals surface area (Å²) in [5.74, 6) is 2.73. The number of aryl methyl sites for hydroxylation is 1. The molecule has 0 atom stereocenters. The number of aromatic nitrogens is 2. The van der Waals surface area contributed by atoms with Crippen molar-refractivity contribution in [1.29, 1.82) is 0 Å². The minimum Gasteiger partial charge on any atom is -0.378 e. The van der Waals surface area contributed by atoms with Gasteiger partial charge >= 0.3 is 0 Å².